The minimum atomic E-state index is -4.58. The fraction of sp³-hybridized carbons (Fsp3) is 0.333. The molecule has 1 fully saturated rings. The monoisotopic (exact) mass is 467 g/mol. The van der Waals surface area contributed by atoms with Gasteiger partial charge in [-0.25, -0.2) is 13.8 Å². The van der Waals surface area contributed by atoms with Gasteiger partial charge in [0, 0.05) is 25.2 Å². The zero-order chi connectivity index (χ0) is 23.8. The molecular weight excluding hydrogens is 449 g/mol. The number of nitrogens with zero attached hydrogens (tertiary/aromatic N) is 5. The Balaban J connectivity index is 1.57. The Labute approximate surface area is 184 Å². The van der Waals surface area contributed by atoms with E-state index in [0.717, 1.165) is 17.0 Å². The van der Waals surface area contributed by atoms with E-state index in [1.165, 1.54) is 23.3 Å². The lowest BCUT2D eigenvalue weighted by Gasteiger charge is -2.28. The third-order valence-electron chi connectivity index (χ3n) is 5.35. The molecule has 0 N–H and O–H groups in total. The Morgan fingerprint density at radius 3 is 2.55 bits per heavy atom. The highest BCUT2D eigenvalue weighted by atomic mass is 19.4. The summed E-state index contributed by atoms with van der Waals surface area (Å²) in [6, 6.07) is 4.93. The number of carbonyl (C=O) groups excluding carboxylic acids is 1. The summed E-state index contributed by atoms with van der Waals surface area (Å²) in [6.07, 6.45) is -1.74. The number of hydrogen-bond acceptors (Lipinski definition) is 5. The van der Waals surface area contributed by atoms with Gasteiger partial charge < -0.3 is 9.64 Å². The fourth-order valence-corrected chi connectivity index (χ4v) is 3.66. The van der Waals surface area contributed by atoms with Crippen LogP contribution >= 0.6 is 0 Å². The van der Waals surface area contributed by atoms with Gasteiger partial charge >= 0.3 is 6.18 Å². The van der Waals surface area contributed by atoms with Crippen LogP contribution in [0.5, 0.6) is 5.88 Å². The number of rotatable bonds is 5. The molecule has 0 radical (unpaired) electrons. The number of carbonyl (C=O) groups is 1. The van der Waals surface area contributed by atoms with Gasteiger partial charge in [-0.2, -0.15) is 28.2 Å². The SMILES string of the molecule is Cc1cccc(C(=O)N2CCC(F)(F)[C@H]2COc2ccc(C(F)(F)F)cn2)c1-n1nccn1. The van der Waals surface area contributed by atoms with Gasteiger partial charge in [0.1, 0.15) is 18.3 Å². The van der Waals surface area contributed by atoms with Gasteiger partial charge in [-0.05, 0) is 24.6 Å². The second-order valence-corrected chi connectivity index (χ2v) is 7.51. The molecule has 0 unspecified atom stereocenters. The van der Waals surface area contributed by atoms with E-state index in [0.29, 0.717) is 17.4 Å². The first-order valence-corrected chi connectivity index (χ1v) is 9.89. The number of para-hydroxylation sites is 1. The van der Waals surface area contributed by atoms with E-state index >= 15 is 0 Å². The van der Waals surface area contributed by atoms with Crippen molar-refractivity contribution >= 4 is 5.91 Å². The summed E-state index contributed by atoms with van der Waals surface area (Å²) in [4.78, 5) is 19.1. The summed E-state index contributed by atoms with van der Waals surface area (Å²) in [5.74, 6) is -4.16. The highest BCUT2D eigenvalue weighted by molar-refractivity contribution is 5.98. The molecule has 0 aliphatic carbocycles. The maximum Gasteiger partial charge on any atom is 0.417 e. The fourth-order valence-electron chi connectivity index (χ4n) is 3.66. The van der Waals surface area contributed by atoms with Crippen LogP contribution in [-0.2, 0) is 6.18 Å². The normalized spacial score (nSPS) is 17.9. The van der Waals surface area contributed by atoms with Crippen molar-refractivity contribution in [3.8, 4) is 11.6 Å². The molecule has 0 saturated carbocycles. The molecule has 1 aliphatic heterocycles. The van der Waals surface area contributed by atoms with Crippen LogP contribution in [0.1, 0.15) is 27.9 Å². The van der Waals surface area contributed by atoms with Gasteiger partial charge in [0.2, 0.25) is 5.88 Å². The molecule has 1 aliphatic rings. The lowest BCUT2D eigenvalue weighted by atomic mass is 10.1. The standard InChI is InChI=1S/C21H18F5N5O2/c1-13-3-2-4-15(18(13)31-28-8-9-29-31)19(32)30-10-7-20(22,23)16(30)12-33-17-6-5-14(11-27-17)21(24,25)26/h2-6,8-9,11,16H,7,10,12H2,1H3/t16-/m1/s1. The largest absolute Gasteiger partial charge is 0.475 e. The number of hydrogen-bond donors (Lipinski definition) is 0. The minimum absolute atomic E-state index is 0.140. The van der Waals surface area contributed by atoms with Gasteiger partial charge in [-0.1, -0.05) is 12.1 Å². The molecule has 3 aromatic rings. The third-order valence-corrected chi connectivity index (χ3v) is 5.35. The maximum absolute atomic E-state index is 14.6. The molecule has 1 amide bonds. The molecule has 1 aromatic carbocycles. The third kappa shape index (κ3) is 4.50. The molecule has 2 aromatic heterocycles. The molecule has 1 saturated heterocycles. The summed E-state index contributed by atoms with van der Waals surface area (Å²) in [7, 11) is 0. The van der Waals surface area contributed by atoms with E-state index in [2.05, 4.69) is 15.2 Å². The zero-order valence-corrected chi connectivity index (χ0v) is 17.3. The molecule has 174 valence electrons. The molecule has 0 spiro atoms. The van der Waals surface area contributed by atoms with Crippen molar-refractivity contribution in [3.05, 3.63) is 65.6 Å². The number of alkyl halides is 5. The number of aryl methyl sites for hydroxylation is 1. The second-order valence-electron chi connectivity index (χ2n) is 7.51. The van der Waals surface area contributed by atoms with Crippen LogP contribution in [0.15, 0.2) is 48.9 Å². The molecule has 7 nitrogen and oxygen atoms in total. The Morgan fingerprint density at radius 2 is 1.91 bits per heavy atom. The van der Waals surface area contributed by atoms with E-state index in [-0.39, 0.29) is 18.0 Å². The van der Waals surface area contributed by atoms with E-state index in [1.807, 2.05) is 0 Å². The quantitative estimate of drug-likeness (QED) is 0.532. The van der Waals surface area contributed by atoms with Gasteiger partial charge in [0.25, 0.3) is 11.8 Å². The van der Waals surface area contributed by atoms with Gasteiger partial charge in [-0.3, -0.25) is 4.79 Å². The van der Waals surface area contributed by atoms with E-state index in [1.54, 1.807) is 19.1 Å². The molecular formula is C21H18F5N5O2. The average Bonchev–Trinajstić information content (AvgIpc) is 3.39. The molecule has 33 heavy (non-hydrogen) atoms. The van der Waals surface area contributed by atoms with Crippen molar-refractivity contribution in [2.24, 2.45) is 0 Å². The number of halogens is 5. The van der Waals surface area contributed by atoms with Crippen LogP contribution in [-0.4, -0.2) is 55.9 Å². The van der Waals surface area contributed by atoms with Crippen molar-refractivity contribution in [1.29, 1.82) is 0 Å². The van der Waals surface area contributed by atoms with E-state index < -0.39 is 42.6 Å². The summed E-state index contributed by atoms with van der Waals surface area (Å²) < 4.78 is 72.6. The zero-order valence-electron chi connectivity index (χ0n) is 17.3. The number of likely N-dealkylation sites (tertiary alicyclic amines) is 1. The maximum atomic E-state index is 14.6. The molecule has 12 heteroatoms. The highest BCUT2D eigenvalue weighted by Gasteiger charge is 2.51. The highest BCUT2D eigenvalue weighted by Crippen LogP contribution is 2.36. The molecule has 0 bridgehead atoms. The van der Waals surface area contributed by atoms with Crippen LogP contribution in [0.2, 0.25) is 0 Å². The topological polar surface area (TPSA) is 73.1 Å². The number of aromatic nitrogens is 4. The predicted octanol–water partition coefficient (Wildman–Crippen LogP) is 3.92. The van der Waals surface area contributed by atoms with Crippen LogP contribution in [0.25, 0.3) is 5.69 Å². The van der Waals surface area contributed by atoms with Crippen LogP contribution in [0.4, 0.5) is 22.0 Å². The summed E-state index contributed by atoms with van der Waals surface area (Å²) >= 11 is 0. The molecule has 4 rings (SSSR count). The van der Waals surface area contributed by atoms with Gasteiger partial charge in [0.15, 0.2) is 0 Å². The number of ether oxygens (including phenoxy) is 1. The van der Waals surface area contributed by atoms with Crippen LogP contribution < -0.4 is 4.74 Å². The second kappa shape index (κ2) is 8.41. The smallest absolute Gasteiger partial charge is 0.417 e. The average molecular weight is 467 g/mol. The van der Waals surface area contributed by atoms with E-state index in [9.17, 15) is 26.7 Å². The van der Waals surface area contributed by atoms with Crippen LogP contribution in [0.3, 0.4) is 0 Å². The van der Waals surface area contributed by atoms with Crippen molar-refractivity contribution in [2.45, 2.75) is 31.5 Å². The van der Waals surface area contributed by atoms with Gasteiger partial charge in [-0.15, -0.1) is 0 Å². The predicted molar refractivity (Wildman–Crippen MR) is 105 cm³/mol. The van der Waals surface area contributed by atoms with E-state index in [4.69, 9.17) is 4.74 Å². The molecule has 3 heterocycles. The summed E-state index contributed by atoms with van der Waals surface area (Å²) in [6.45, 7) is 0.878. The van der Waals surface area contributed by atoms with Crippen LogP contribution in [0, 0.1) is 6.92 Å². The van der Waals surface area contributed by atoms with Gasteiger partial charge in [0.05, 0.1) is 23.5 Å². The summed E-state index contributed by atoms with van der Waals surface area (Å²) in [5.41, 5.74) is 0.190. The first-order valence-electron chi connectivity index (χ1n) is 9.89. The van der Waals surface area contributed by atoms with Crippen molar-refractivity contribution in [1.82, 2.24) is 24.9 Å². The molecule has 1 atom stereocenters. The number of benzene rings is 1. The van der Waals surface area contributed by atoms with Crippen molar-refractivity contribution in [3.63, 3.8) is 0 Å². The van der Waals surface area contributed by atoms with Crippen molar-refractivity contribution < 1.29 is 31.5 Å². The summed E-state index contributed by atoms with van der Waals surface area (Å²) in [5, 5.41) is 8.08. The Kier molecular flexibility index (Phi) is 5.76. The van der Waals surface area contributed by atoms with Crippen molar-refractivity contribution in [2.75, 3.05) is 13.2 Å². The first-order chi connectivity index (χ1) is 15.6. The minimum Gasteiger partial charge on any atom is -0.475 e. The number of pyridine rings is 1. The Hall–Kier alpha value is -3.57. The first kappa shape index (κ1) is 22.6. The number of amides is 1. The lowest BCUT2D eigenvalue weighted by Crippen LogP contribution is -2.46. The Bertz CT molecular complexity index is 1130. The lowest BCUT2D eigenvalue weighted by molar-refractivity contribution is -0.137. The Morgan fingerprint density at radius 1 is 1.18 bits per heavy atom.